The molecule has 3 aliphatic rings. The molecule has 3 saturated heterocycles. The van der Waals surface area contributed by atoms with Crippen LogP contribution in [0, 0.1) is 5.92 Å². The molecule has 0 radical (unpaired) electrons. The van der Waals surface area contributed by atoms with E-state index in [0.29, 0.717) is 48.1 Å². The summed E-state index contributed by atoms with van der Waals surface area (Å²) in [5.74, 6) is 0.222. The number of carbonyl (C=O) groups excluding carboxylic acids is 2. The van der Waals surface area contributed by atoms with Crippen molar-refractivity contribution in [1.29, 1.82) is 0 Å². The molecule has 5 rings (SSSR count). The molecular weight excluding hydrogens is 378 g/mol. The lowest BCUT2D eigenvalue weighted by atomic mass is 10.0. The lowest BCUT2D eigenvalue weighted by Crippen LogP contribution is -2.51. The molecule has 3 atom stereocenters. The van der Waals surface area contributed by atoms with Crippen molar-refractivity contribution in [3.63, 3.8) is 0 Å². The van der Waals surface area contributed by atoms with Gasteiger partial charge < -0.3 is 14.5 Å². The van der Waals surface area contributed by atoms with E-state index >= 15 is 0 Å². The van der Waals surface area contributed by atoms with Gasteiger partial charge in [0.05, 0.1) is 35.7 Å². The molecule has 6 nitrogen and oxygen atoms in total. The zero-order chi connectivity index (χ0) is 19.6. The number of fused-ring (bicyclic) bond motifs is 1. The first kappa shape index (κ1) is 17.9. The smallest absolute Gasteiger partial charge is 0.272 e. The highest BCUT2D eigenvalue weighted by atomic mass is 35.5. The van der Waals surface area contributed by atoms with E-state index in [4.69, 9.17) is 16.3 Å². The van der Waals surface area contributed by atoms with Crippen molar-refractivity contribution < 1.29 is 14.3 Å². The fourth-order valence-corrected chi connectivity index (χ4v) is 5.21. The number of benzene rings is 1. The minimum atomic E-state index is -0.670. The third-order valence-electron chi connectivity index (χ3n) is 6.41. The molecule has 1 aromatic heterocycles. The molecule has 1 spiro atoms. The number of ether oxygens (including phenoxy) is 1. The summed E-state index contributed by atoms with van der Waals surface area (Å²) < 4.78 is 6.21. The van der Waals surface area contributed by atoms with Crippen LogP contribution in [0.2, 0.25) is 5.02 Å². The van der Waals surface area contributed by atoms with Crippen LogP contribution >= 0.6 is 11.6 Å². The molecule has 28 heavy (non-hydrogen) atoms. The Labute approximate surface area is 168 Å². The van der Waals surface area contributed by atoms with E-state index in [0.717, 1.165) is 5.39 Å². The first-order valence-corrected chi connectivity index (χ1v) is 10.1. The maximum Gasteiger partial charge on any atom is 0.272 e. The average Bonchev–Trinajstić information content (AvgIpc) is 3.30. The summed E-state index contributed by atoms with van der Waals surface area (Å²) in [6, 6.07) is 8.94. The second kappa shape index (κ2) is 6.16. The van der Waals surface area contributed by atoms with Gasteiger partial charge in [-0.1, -0.05) is 43.6 Å². The van der Waals surface area contributed by atoms with E-state index in [1.165, 1.54) is 0 Å². The van der Waals surface area contributed by atoms with Crippen LogP contribution in [0.15, 0.2) is 30.3 Å². The van der Waals surface area contributed by atoms with Gasteiger partial charge in [-0.2, -0.15) is 0 Å². The first-order valence-electron chi connectivity index (χ1n) is 9.75. The fraction of sp³-hybridized carbons (Fsp3) is 0.476. The molecule has 1 aromatic carbocycles. The van der Waals surface area contributed by atoms with Crippen LogP contribution < -0.4 is 0 Å². The SMILES string of the molecule is CC(C)[C@@H]1CO[C@@]23CCN(C(=O)c4ccc5cccc(Cl)c5n4)[C@@H]2CC(=O)N13. The van der Waals surface area contributed by atoms with Gasteiger partial charge in [-0.25, -0.2) is 4.98 Å². The van der Waals surface area contributed by atoms with Crippen molar-refractivity contribution in [3.8, 4) is 0 Å². The van der Waals surface area contributed by atoms with Crippen LogP contribution in [-0.4, -0.2) is 57.6 Å². The summed E-state index contributed by atoms with van der Waals surface area (Å²) >= 11 is 6.26. The number of carbonyl (C=O) groups is 2. The predicted octanol–water partition coefficient (Wildman–Crippen LogP) is 3.09. The molecule has 3 fully saturated rings. The monoisotopic (exact) mass is 399 g/mol. The Hall–Kier alpha value is -2.18. The quantitative estimate of drug-likeness (QED) is 0.778. The van der Waals surface area contributed by atoms with Crippen molar-refractivity contribution >= 4 is 34.3 Å². The van der Waals surface area contributed by atoms with E-state index in [1.807, 2.05) is 23.1 Å². The Bertz CT molecular complexity index is 994. The number of amides is 2. The number of nitrogens with zero attached hydrogens (tertiary/aromatic N) is 3. The Morgan fingerprint density at radius 2 is 2.14 bits per heavy atom. The van der Waals surface area contributed by atoms with E-state index < -0.39 is 5.72 Å². The summed E-state index contributed by atoms with van der Waals surface area (Å²) in [5.41, 5.74) is 0.294. The van der Waals surface area contributed by atoms with Gasteiger partial charge in [-0.05, 0) is 18.1 Å². The highest BCUT2D eigenvalue weighted by molar-refractivity contribution is 6.35. The topological polar surface area (TPSA) is 62.7 Å². The number of hydrogen-bond donors (Lipinski definition) is 0. The molecule has 0 unspecified atom stereocenters. The number of aromatic nitrogens is 1. The minimum absolute atomic E-state index is 0.0742. The summed E-state index contributed by atoms with van der Waals surface area (Å²) in [6.45, 7) is 5.30. The molecule has 0 aliphatic carbocycles. The molecule has 0 saturated carbocycles. The zero-order valence-electron chi connectivity index (χ0n) is 15.9. The van der Waals surface area contributed by atoms with Crippen molar-refractivity contribution in [1.82, 2.24) is 14.8 Å². The number of pyridine rings is 1. The standard InChI is InChI=1S/C21H22ClN3O3/c1-12(2)16-11-28-21-8-9-24(17(21)10-18(26)25(16)21)20(27)15-7-6-13-4-3-5-14(22)19(13)23-15/h3-7,12,16-17H,8-11H2,1-2H3/t16-,17+,21-/m0/s1. The summed E-state index contributed by atoms with van der Waals surface area (Å²) in [7, 11) is 0. The van der Waals surface area contributed by atoms with Crippen molar-refractivity contribution in [2.45, 2.75) is 44.5 Å². The number of rotatable bonds is 2. The van der Waals surface area contributed by atoms with Crippen LogP contribution in [-0.2, 0) is 9.53 Å². The molecule has 0 bridgehead atoms. The van der Waals surface area contributed by atoms with Gasteiger partial charge in [0, 0.05) is 18.4 Å². The Balaban J connectivity index is 1.48. The Kier molecular flexibility index (Phi) is 3.93. The summed E-state index contributed by atoms with van der Waals surface area (Å²) in [4.78, 5) is 34.3. The summed E-state index contributed by atoms with van der Waals surface area (Å²) in [6.07, 6.45) is 0.954. The largest absolute Gasteiger partial charge is 0.351 e. The molecular formula is C21H22ClN3O3. The molecule has 146 valence electrons. The highest BCUT2D eigenvalue weighted by Gasteiger charge is 2.65. The van der Waals surface area contributed by atoms with E-state index in [9.17, 15) is 9.59 Å². The maximum absolute atomic E-state index is 13.3. The van der Waals surface area contributed by atoms with Gasteiger partial charge in [0.1, 0.15) is 5.69 Å². The third kappa shape index (κ3) is 2.34. The predicted molar refractivity (Wildman–Crippen MR) is 105 cm³/mol. The molecule has 3 aliphatic heterocycles. The number of para-hydroxylation sites is 1. The number of hydrogen-bond acceptors (Lipinski definition) is 4. The second-order valence-corrected chi connectivity index (χ2v) is 8.61. The van der Waals surface area contributed by atoms with Crippen molar-refractivity contribution in [3.05, 3.63) is 41.0 Å². The summed E-state index contributed by atoms with van der Waals surface area (Å²) in [5, 5.41) is 1.41. The number of halogens is 1. The van der Waals surface area contributed by atoms with Crippen LogP contribution in [0.25, 0.3) is 10.9 Å². The van der Waals surface area contributed by atoms with Gasteiger partial charge in [0.25, 0.3) is 5.91 Å². The van der Waals surface area contributed by atoms with E-state index in [2.05, 4.69) is 18.8 Å². The minimum Gasteiger partial charge on any atom is -0.351 e. The van der Waals surface area contributed by atoms with Crippen LogP contribution in [0.5, 0.6) is 0 Å². The second-order valence-electron chi connectivity index (χ2n) is 8.21. The van der Waals surface area contributed by atoms with Crippen LogP contribution in [0.3, 0.4) is 0 Å². The van der Waals surface area contributed by atoms with Crippen molar-refractivity contribution in [2.24, 2.45) is 5.92 Å². The van der Waals surface area contributed by atoms with Gasteiger partial charge in [0.15, 0.2) is 5.72 Å². The fourth-order valence-electron chi connectivity index (χ4n) is 4.99. The molecule has 4 heterocycles. The highest BCUT2D eigenvalue weighted by Crippen LogP contribution is 2.49. The first-order chi connectivity index (χ1) is 13.4. The van der Waals surface area contributed by atoms with E-state index in [-0.39, 0.29) is 23.9 Å². The van der Waals surface area contributed by atoms with Crippen LogP contribution in [0.1, 0.15) is 37.2 Å². The average molecular weight is 400 g/mol. The van der Waals surface area contributed by atoms with Crippen molar-refractivity contribution in [2.75, 3.05) is 13.2 Å². The van der Waals surface area contributed by atoms with Gasteiger partial charge in [-0.15, -0.1) is 0 Å². The third-order valence-corrected chi connectivity index (χ3v) is 6.71. The Morgan fingerprint density at radius 3 is 2.93 bits per heavy atom. The lowest BCUT2D eigenvalue weighted by molar-refractivity contribution is -0.139. The molecule has 2 aromatic rings. The number of likely N-dealkylation sites (tertiary alicyclic amines) is 1. The normalized spacial score (nSPS) is 29.1. The van der Waals surface area contributed by atoms with Gasteiger partial charge in [0.2, 0.25) is 5.91 Å². The lowest BCUT2D eigenvalue weighted by Gasteiger charge is -2.34. The Morgan fingerprint density at radius 1 is 1.32 bits per heavy atom. The maximum atomic E-state index is 13.3. The van der Waals surface area contributed by atoms with Gasteiger partial charge in [-0.3, -0.25) is 9.59 Å². The molecule has 2 amide bonds. The van der Waals surface area contributed by atoms with Gasteiger partial charge >= 0.3 is 0 Å². The zero-order valence-corrected chi connectivity index (χ0v) is 16.6. The molecule has 7 heteroatoms. The van der Waals surface area contributed by atoms with E-state index in [1.54, 1.807) is 17.0 Å². The molecule has 0 N–H and O–H groups in total. The van der Waals surface area contributed by atoms with Crippen LogP contribution in [0.4, 0.5) is 0 Å².